The van der Waals surface area contributed by atoms with Gasteiger partial charge in [0.1, 0.15) is 0 Å². The Morgan fingerprint density at radius 3 is 2.14 bits per heavy atom. The molecule has 1 rings (SSSR count). The van der Waals surface area contributed by atoms with E-state index in [9.17, 15) is 13.2 Å². The van der Waals surface area contributed by atoms with Crippen LogP contribution in [0.1, 0.15) is 30.4 Å². The molecule has 0 spiro atoms. The summed E-state index contributed by atoms with van der Waals surface area (Å²) in [7, 11) is 2.18. The lowest BCUT2D eigenvalue weighted by Gasteiger charge is -2.24. The van der Waals surface area contributed by atoms with Crippen LogP contribution in [0.25, 0.3) is 0 Å². The van der Waals surface area contributed by atoms with E-state index < -0.39 is 20.5 Å². The van der Waals surface area contributed by atoms with Crippen molar-refractivity contribution in [3.63, 3.8) is 0 Å². The second-order valence-electron chi connectivity index (χ2n) is 5.05. The van der Waals surface area contributed by atoms with Gasteiger partial charge in [-0.25, -0.2) is 0 Å². The first-order valence-corrected chi connectivity index (χ1v) is 9.11. The SMILES string of the molecule is CO[Si](CCCCCc1cccc(C(F)(F)F)c1)(OC)OC. The molecule has 0 aliphatic rings. The molecule has 0 radical (unpaired) electrons. The first kappa shape index (κ1) is 19.2. The molecular formula is C15H23F3O3Si. The Balaban J connectivity index is 2.39. The molecule has 0 N–H and O–H groups in total. The van der Waals surface area contributed by atoms with Crippen molar-refractivity contribution in [3.8, 4) is 0 Å². The molecule has 1 aromatic carbocycles. The predicted octanol–water partition coefficient (Wildman–Crippen LogP) is 4.30. The smallest absolute Gasteiger partial charge is 0.377 e. The van der Waals surface area contributed by atoms with Crippen molar-refractivity contribution in [2.45, 2.75) is 37.9 Å². The van der Waals surface area contributed by atoms with Gasteiger partial charge in [-0.1, -0.05) is 24.6 Å². The minimum Gasteiger partial charge on any atom is -0.377 e. The zero-order chi connectivity index (χ0) is 16.6. The third-order valence-electron chi connectivity index (χ3n) is 3.64. The topological polar surface area (TPSA) is 27.7 Å². The van der Waals surface area contributed by atoms with Gasteiger partial charge in [0, 0.05) is 27.4 Å². The minimum absolute atomic E-state index is 0.588. The average Bonchev–Trinajstić information content (AvgIpc) is 2.51. The van der Waals surface area contributed by atoms with E-state index in [0.29, 0.717) is 18.0 Å². The molecule has 22 heavy (non-hydrogen) atoms. The van der Waals surface area contributed by atoms with Crippen LogP contribution >= 0.6 is 0 Å². The summed E-state index contributed by atoms with van der Waals surface area (Å²) < 4.78 is 53.8. The molecule has 0 amide bonds. The Morgan fingerprint density at radius 1 is 0.955 bits per heavy atom. The van der Waals surface area contributed by atoms with Crippen LogP contribution in [0.5, 0.6) is 0 Å². The molecule has 0 aromatic heterocycles. The molecule has 0 bridgehead atoms. The van der Waals surface area contributed by atoms with Gasteiger partial charge in [-0.05, 0) is 30.9 Å². The Bertz CT molecular complexity index is 440. The lowest BCUT2D eigenvalue weighted by Crippen LogP contribution is -2.42. The number of hydrogen-bond donors (Lipinski definition) is 0. The van der Waals surface area contributed by atoms with E-state index in [-0.39, 0.29) is 0 Å². The highest BCUT2D eigenvalue weighted by Gasteiger charge is 2.36. The molecule has 0 fully saturated rings. The van der Waals surface area contributed by atoms with Gasteiger partial charge in [0.15, 0.2) is 0 Å². The monoisotopic (exact) mass is 336 g/mol. The Kier molecular flexibility index (Phi) is 7.54. The van der Waals surface area contributed by atoms with Crippen LogP contribution in [-0.2, 0) is 25.9 Å². The number of rotatable bonds is 9. The molecule has 126 valence electrons. The van der Waals surface area contributed by atoms with Crippen LogP contribution in [0, 0.1) is 0 Å². The zero-order valence-electron chi connectivity index (χ0n) is 13.2. The molecule has 0 heterocycles. The summed E-state index contributed by atoms with van der Waals surface area (Å²) in [5.74, 6) is 0. The molecule has 7 heteroatoms. The fourth-order valence-corrected chi connectivity index (χ4v) is 4.10. The Hall–Kier alpha value is -0.893. The first-order valence-electron chi connectivity index (χ1n) is 7.18. The Morgan fingerprint density at radius 2 is 1.59 bits per heavy atom. The molecule has 0 aliphatic heterocycles. The maximum atomic E-state index is 12.6. The van der Waals surface area contributed by atoms with Crippen LogP contribution in [-0.4, -0.2) is 30.1 Å². The maximum Gasteiger partial charge on any atom is 0.500 e. The van der Waals surface area contributed by atoms with Gasteiger partial charge in [0.05, 0.1) is 5.56 Å². The van der Waals surface area contributed by atoms with Crippen LogP contribution in [0.2, 0.25) is 6.04 Å². The molecule has 0 saturated carbocycles. The van der Waals surface area contributed by atoms with Crippen molar-refractivity contribution >= 4 is 8.80 Å². The minimum atomic E-state index is -4.28. The summed E-state index contributed by atoms with van der Waals surface area (Å²) >= 11 is 0. The summed E-state index contributed by atoms with van der Waals surface area (Å²) in [6.07, 6.45) is -1.08. The van der Waals surface area contributed by atoms with Crippen LogP contribution in [0.15, 0.2) is 24.3 Å². The quantitative estimate of drug-likeness (QED) is 0.497. The summed E-state index contributed by atoms with van der Waals surface area (Å²) in [5, 5.41) is 0. The van der Waals surface area contributed by atoms with Crippen molar-refractivity contribution in [1.82, 2.24) is 0 Å². The van der Waals surface area contributed by atoms with Crippen molar-refractivity contribution in [2.75, 3.05) is 21.3 Å². The average molecular weight is 336 g/mol. The number of alkyl halides is 3. The van der Waals surface area contributed by atoms with Crippen molar-refractivity contribution < 1.29 is 26.4 Å². The summed E-state index contributed by atoms with van der Waals surface area (Å²) in [5.41, 5.74) is 0.123. The molecular weight excluding hydrogens is 313 g/mol. The van der Waals surface area contributed by atoms with E-state index in [0.717, 1.165) is 25.3 Å². The first-order chi connectivity index (χ1) is 10.4. The Labute approximate surface area is 130 Å². The zero-order valence-corrected chi connectivity index (χ0v) is 14.2. The highest BCUT2D eigenvalue weighted by Crippen LogP contribution is 2.29. The number of unbranched alkanes of at least 4 members (excludes halogenated alkanes) is 2. The molecule has 0 saturated heterocycles. The summed E-state index contributed by atoms with van der Waals surface area (Å²) in [4.78, 5) is 0. The summed E-state index contributed by atoms with van der Waals surface area (Å²) in [6.45, 7) is 0. The molecule has 3 nitrogen and oxygen atoms in total. The lowest BCUT2D eigenvalue weighted by atomic mass is 10.0. The van der Waals surface area contributed by atoms with Crippen LogP contribution in [0.4, 0.5) is 13.2 Å². The van der Waals surface area contributed by atoms with E-state index in [4.69, 9.17) is 13.3 Å². The number of hydrogen-bond acceptors (Lipinski definition) is 3. The third-order valence-corrected chi connectivity index (χ3v) is 6.47. The van der Waals surface area contributed by atoms with Crippen molar-refractivity contribution in [2.24, 2.45) is 0 Å². The number of benzene rings is 1. The number of halogens is 3. The molecule has 1 aromatic rings. The normalized spacial score (nSPS) is 12.6. The van der Waals surface area contributed by atoms with E-state index in [1.165, 1.54) is 12.1 Å². The summed E-state index contributed by atoms with van der Waals surface area (Å²) in [6, 6.07) is 6.21. The van der Waals surface area contributed by atoms with Gasteiger partial charge < -0.3 is 13.3 Å². The maximum absolute atomic E-state index is 12.6. The second-order valence-corrected chi connectivity index (χ2v) is 8.14. The highest BCUT2D eigenvalue weighted by molar-refractivity contribution is 6.60. The lowest BCUT2D eigenvalue weighted by molar-refractivity contribution is -0.137. The second kappa shape index (κ2) is 8.66. The fraction of sp³-hybridized carbons (Fsp3) is 0.600. The third kappa shape index (κ3) is 5.72. The van der Waals surface area contributed by atoms with Crippen LogP contribution in [0.3, 0.4) is 0 Å². The van der Waals surface area contributed by atoms with Crippen LogP contribution < -0.4 is 0 Å². The predicted molar refractivity (Wildman–Crippen MR) is 80.6 cm³/mol. The van der Waals surface area contributed by atoms with E-state index >= 15 is 0 Å². The fourth-order valence-electron chi connectivity index (χ4n) is 2.31. The number of aryl methyl sites for hydroxylation is 1. The largest absolute Gasteiger partial charge is 0.500 e. The molecule has 0 aliphatic carbocycles. The molecule has 0 unspecified atom stereocenters. The van der Waals surface area contributed by atoms with Gasteiger partial charge in [-0.2, -0.15) is 13.2 Å². The highest BCUT2D eigenvalue weighted by atomic mass is 28.4. The van der Waals surface area contributed by atoms with Gasteiger partial charge in [0.25, 0.3) is 0 Å². The van der Waals surface area contributed by atoms with Gasteiger partial charge in [0.2, 0.25) is 0 Å². The van der Waals surface area contributed by atoms with Gasteiger partial charge in [-0.15, -0.1) is 0 Å². The van der Waals surface area contributed by atoms with Gasteiger partial charge >= 0.3 is 15.0 Å². The van der Waals surface area contributed by atoms with E-state index in [1.807, 2.05) is 0 Å². The van der Waals surface area contributed by atoms with Crippen molar-refractivity contribution in [1.29, 1.82) is 0 Å². The van der Waals surface area contributed by atoms with Crippen molar-refractivity contribution in [3.05, 3.63) is 35.4 Å². The molecule has 0 atom stereocenters. The van der Waals surface area contributed by atoms with E-state index in [1.54, 1.807) is 27.4 Å². The standard InChI is InChI=1S/C15H23F3O3Si/c1-19-22(20-2,21-3)11-6-4-5-8-13-9-7-10-14(12-13)15(16,17)18/h7,9-10,12H,4-6,8,11H2,1-3H3. The van der Waals surface area contributed by atoms with E-state index in [2.05, 4.69) is 0 Å². The van der Waals surface area contributed by atoms with Gasteiger partial charge in [-0.3, -0.25) is 0 Å².